The van der Waals surface area contributed by atoms with E-state index >= 15 is 0 Å². The molecule has 220 valence electrons. The molecular weight excluding hydrogens is 536 g/mol. The Balaban J connectivity index is 1.29. The van der Waals surface area contributed by atoms with E-state index < -0.39 is 24.0 Å². The van der Waals surface area contributed by atoms with Gasteiger partial charge >= 0.3 is 5.97 Å². The van der Waals surface area contributed by atoms with Gasteiger partial charge in [0.2, 0.25) is 11.8 Å². The fourth-order valence-corrected chi connectivity index (χ4v) is 6.32. The van der Waals surface area contributed by atoms with Crippen molar-refractivity contribution in [1.82, 2.24) is 20.0 Å². The average molecular weight is 573 g/mol. The number of nitrogens with one attached hydrogen (secondary N) is 1. The van der Waals surface area contributed by atoms with Gasteiger partial charge in [0.1, 0.15) is 12.1 Å². The average Bonchev–Trinajstić information content (AvgIpc) is 3.01. The second-order valence-corrected chi connectivity index (χ2v) is 11.1. The molecule has 2 aromatic carbocycles. The lowest BCUT2D eigenvalue weighted by molar-refractivity contribution is -0.154. The molecule has 3 aliphatic rings. The minimum absolute atomic E-state index is 0.00253. The van der Waals surface area contributed by atoms with Crippen molar-refractivity contribution >= 4 is 17.8 Å². The highest BCUT2D eigenvalue weighted by Gasteiger charge is 2.47. The van der Waals surface area contributed by atoms with Gasteiger partial charge < -0.3 is 20.1 Å². The van der Waals surface area contributed by atoms with Crippen LogP contribution in [-0.2, 0) is 34.3 Å². The molecule has 1 aromatic heterocycles. The number of nitrogens with zero attached hydrogens (tertiary/aromatic N) is 3. The molecule has 2 atom stereocenters. The van der Waals surface area contributed by atoms with Gasteiger partial charge in [-0.3, -0.25) is 14.4 Å². The number of carboxylic acids is 1. The first kappa shape index (κ1) is 29.0. The van der Waals surface area contributed by atoms with E-state index in [1.54, 1.807) is 36.2 Å². The lowest BCUT2D eigenvalue weighted by Crippen LogP contribution is -2.64. The van der Waals surface area contributed by atoms with Crippen LogP contribution in [0.4, 0.5) is 0 Å². The van der Waals surface area contributed by atoms with Crippen molar-refractivity contribution in [1.29, 1.82) is 0 Å². The maximum atomic E-state index is 13.6. The van der Waals surface area contributed by atoms with Crippen LogP contribution in [0.15, 0.2) is 65.6 Å². The largest absolute Gasteiger partial charge is 0.494 e. The molecule has 3 aromatic rings. The normalized spacial score (nSPS) is 20.1. The van der Waals surface area contributed by atoms with E-state index in [1.807, 2.05) is 30.3 Å². The number of carbonyl (C=O) groups is 3. The van der Waals surface area contributed by atoms with E-state index in [0.29, 0.717) is 35.3 Å². The van der Waals surface area contributed by atoms with Crippen molar-refractivity contribution in [2.75, 3.05) is 7.11 Å². The SMILES string of the molecule is COc1cnn(C)c(=O)c1-c1ccc(C[C@H](NC(=O)C2C3CCC(CC3)N2C(=O)CCc2ccccc2)C(=O)O)cc1. The molecule has 42 heavy (non-hydrogen) atoms. The Morgan fingerprint density at radius 2 is 1.71 bits per heavy atom. The molecule has 2 amide bonds. The standard InChI is InChI=1S/C32H36N4O6/c1-35-31(39)28(26(42-2)19-33-35)22-11-8-21(9-12-22)18-25(32(40)41)34-30(38)29-23-13-15-24(16-14-23)36(29)27(37)17-10-20-6-4-3-5-7-20/h3-9,11-12,19,23-25,29H,10,13-18H2,1-2H3,(H,34,38)(H,40,41)/t23?,24?,25-,29?/m0/s1. The minimum Gasteiger partial charge on any atom is -0.494 e. The van der Waals surface area contributed by atoms with Gasteiger partial charge in [-0.25, -0.2) is 9.48 Å². The first-order chi connectivity index (χ1) is 20.3. The number of fused-ring (bicyclic) bond motifs is 3. The lowest BCUT2D eigenvalue weighted by Gasteiger charge is -2.50. The number of amides is 2. The Kier molecular flexibility index (Phi) is 8.70. The zero-order valence-corrected chi connectivity index (χ0v) is 23.9. The summed E-state index contributed by atoms with van der Waals surface area (Å²) in [6, 6.07) is 14.9. The Morgan fingerprint density at radius 3 is 2.36 bits per heavy atom. The number of piperidine rings is 2. The van der Waals surface area contributed by atoms with Crippen LogP contribution in [0.25, 0.3) is 11.1 Å². The Hall–Kier alpha value is -4.47. The highest BCUT2D eigenvalue weighted by Crippen LogP contribution is 2.40. The fraction of sp³-hybridized carbons (Fsp3) is 0.406. The molecule has 1 aliphatic carbocycles. The van der Waals surface area contributed by atoms with Crippen molar-refractivity contribution in [3.05, 3.63) is 82.3 Å². The van der Waals surface area contributed by atoms with E-state index in [0.717, 1.165) is 31.2 Å². The van der Waals surface area contributed by atoms with Crippen molar-refractivity contribution in [3.63, 3.8) is 0 Å². The molecule has 3 heterocycles. The highest BCUT2D eigenvalue weighted by atomic mass is 16.5. The molecule has 10 nitrogen and oxygen atoms in total. The van der Waals surface area contributed by atoms with E-state index in [2.05, 4.69) is 10.4 Å². The molecule has 2 N–H and O–H groups in total. The number of rotatable bonds is 10. The topological polar surface area (TPSA) is 131 Å². The summed E-state index contributed by atoms with van der Waals surface area (Å²) in [5, 5.41) is 16.7. The molecule has 6 rings (SSSR count). The lowest BCUT2D eigenvalue weighted by atomic mass is 9.74. The van der Waals surface area contributed by atoms with Gasteiger partial charge in [-0.05, 0) is 54.7 Å². The molecule has 0 radical (unpaired) electrons. The first-order valence-corrected chi connectivity index (χ1v) is 14.3. The number of methoxy groups -OCH3 is 1. The number of carbonyl (C=O) groups excluding carboxylic acids is 2. The van der Waals surface area contributed by atoms with Gasteiger partial charge in [-0.15, -0.1) is 0 Å². The number of hydrogen-bond acceptors (Lipinski definition) is 6. The molecule has 0 spiro atoms. The molecule has 3 fully saturated rings. The minimum atomic E-state index is -1.17. The summed E-state index contributed by atoms with van der Waals surface area (Å²) in [5.41, 5.74) is 2.39. The maximum absolute atomic E-state index is 13.6. The molecule has 2 saturated heterocycles. The monoisotopic (exact) mass is 572 g/mol. The van der Waals surface area contributed by atoms with Crippen LogP contribution in [-0.4, -0.2) is 62.8 Å². The Labute approximate surface area is 244 Å². The number of aliphatic carboxylic acids is 1. The number of aromatic nitrogens is 2. The fourth-order valence-electron chi connectivity index (χ4n) is 6.32. The number of ether oxygens (including phenoxy) is 1. The number of hydrogen-bond donors (Lipinski definition) is 2. The van der Waals surface area contributed by atoms with E-state index in [1.165, 1.54) is 18.0 Å². The number of carboxylic acid groups (broad SMARTS) is 1. The molecular formula is C32H36N4O6. The van der Waals surface area contributed by atoms with Gasteiger partial charge in [0.15, 0.2) is 5.75 Å². The van der Waals surface area contributed by atoms with Crippen LogP contribution in [0.3, 0.4) is 0 Å². The van der Waals surface area contributed by atoms with Crippen molar-refractivity contribution < 1.29 is 24.2 Å². The summed E-state index contributed by atoms with van der Waals surface area (Å²) in [7, 11) is 3.01. The summed E-state index contributed by atoms with van der Waals surface area (Å²) < 4.78 is 6.54. The highest BCUT2D eigenvalue weighted by molar-refractivity contribution is 5.91. The summed E-state index contributed by atoms with van der Waals surface area (Å²) in [4.78, 5) is 53.7. The van der Waals surface area contributed by atoms with Gasteiger partial charge in [0.25, 0.3) is 5.56 Å². The zero-order chi connectivity index (χ0) is 29.8. The number of aryl methyl sites for hydroxylation is 2. The van der Waals surface area contributed by atoms with Crippen molar-refractivity contribution in [3.8, 4) is 16.9 Å². The third-order valence-corrected chi connectivity index (χ3v) is 8.53. The summed E-state index contributed by atoms with van der Waals surface area (Å²) in [6.45, 7) is 0. The maximum Gasteiger partial charge on any atom is 0.326 e. The molecule has 10 heteroatoms. The molecule has 2 aliphatic heterocycles. The van der Waals surface area contributed by atoms with Crippen molar-refractivity contribution in [2.24, 2.45) is 13.0 Å². The first-order valence-electron chi connectivity index (χ1n) is 14.3. The van der Waals surface area contributed by atoms with Crippen molar-refractivity contribution in [2.45, 2.75) is 63.1 Å². The second-order valence-electron chi connectivity index (χ2n) is 11.1. The van der Waals surface area contributed by atoms with Crippen LogP contribution in [0.1, 0.15) is 43.2 Å². The number of benzene rings is 2. The van der Waals surface area contributed by atoms with Gasteiger partial charge in [-0.2, -0.15) is 5.10 Å². The third kappa shape index (κ3) is 6.07. The van der Waals surface area contributed by atoms with Gasteiger partial charge in [0, 0.05) is 25.9 Å². The molecule has 2 bridgehead atoms. The van der Waals surface area contributed by atoms with Gasteiger partial charge in [0.05, 0.1) is 18.9 Å². The smallest absolute Gasteiger partial charge is 0.326 e. The predicted molar refractivity (Wildman–Crippen MR) is 156 cm³/mol. The second kappa shape index (κ2) is 12.6. The summed E-state index contributed by atoms with van der Waals surface area (Å²) >= 11 is 0. The van der Waals surface area contributed by atoms with Crippen LogP contribution >= 0.6 is 0 Å². The van der Waals surface area contributed by atoms with Crippen LogP contribution in [0, 0.1) is 5.92 Å². The Bertz CT molecular complexity index is 1500. The predicted octanol–water partition coefficient (Wildman–Crippen LogP) is 2.97. The van der Waals surface area contributed by atoms with Gasteiger partial charge in [-0.1, -0.05) is 54.6 Å². The van der Waals surface area contributed by atoms with Crippen LogP contribution in [0.5, 0.6) is 5.75 Å². The molecule has 1 unspecified atom stereocenters. The van der Waals surface area contributed by atoms with E-state index in [9.17, 15) is 24.3 Å². The van der Waals surface area contributed by atoms with E-state index in [4.69, 9.17) is 4.74 Å². The summed E-state index contributed by atoms with van der Waals surface area (Å²) in [5.74, 6) is -1.27. The molecule has 1 saturated carbocycles. The Morgan fingerprint density at radius 1 is 1.02 bits per heavy atom. The third-order valence-electron chi connectivity index (χ3n) is 8.53. The quantitative estimate of drug-likeness (QED) is 0.382. The zero-order valence-electron chi connectivity index (χ0n) is 23.9. The summed E-state index contributed by atoms with van der Waals surface area (Å²) in [6.07, 6.45) is 5.84. The van der Waals surface area contributed by atoms with Crippen LogP contribution in [0.2, 0.25) is 0 Å². The van der Waals surface area contributed by atoms with Crippen LogP contribution < -0.4 is 15.6 Å². The van der Waals surface area contributed by atoms with E-state index in [-0.39, 0.29) is 29.8 Å².